The van der Waals surface area contributed by atoms with Crippen molar-refractivity contribution in [1.29, 1.82) is 0 Å². The van der Waals surface area contributed by atoms with Crippen molar-refractivity contribution in [2.24, 2.45) is 11.8 Å². The quantitative estimate of drug-likeness (QED) is 0.805. The van der Waals surface area contributed by atoms with Crippen LogP contribution in [0.1, 0.15) is 17.9 Å². The van der Waals surface area contributed by atoms with Crippen LogP contribution in [-0.4, -0.2) is 28.3 Å². The molecule has 0 radical (unpaired) electrons. The van der Waals surface area contributed by atoms with E-state index in [0.717, 1.165) is 23.7 Å². The van der Waals surface area contributed by atoms with Crippen molar-refractivity contribution in [2.75, 3.05) is 13.2 Å². The summed E-state index contributed by atoms with van der Waals surface area (Å²) in [5.74, 6) is 2.47. The first-order valence-corrected chi connectivity index (χ1v) is 5.24. The molecule has 1 heterocycles. The van der Waals surface area contributed by atoms with Gasteiger partial charge in [0.15, 0.2) is 5.75 Å². The lowest BCUT2D eigenvalue weighted by atomic mass is 10.3. The summed E-state index contributed by atoms with van der Waals surface area (Å²) < 4.78 is 5.61. The van der Waals surface area contributed by atoms with Gasteiger partial charge < -0.3 is 9.84 Å². The Labute approximate surface area is 89.3 Å². The Hall–Kier alpha value is -1.16. The maximum absolute atomic E-state index is 8.88. The molecule has 2 rings (SSSR count). The van der Waals surface area contributed by atoms with E-state index in [-0.39, 0.29) is 6.61 Å². The molecule has 15 heavy (non-hydrogen) atoms. The first-order valence-electron chi connectivity index (χ1n) is 5.24. The molecule has 1 aromatic rings. The number of ether oxygens (including phenoxy) is 1. The highest BCUT2D eigenvalue weighted by Crippen LogP contribution is 2.38. The van der Waals surface area contributed by atoms with Crippen molar-refractivity contribution in [2.45, 2.75) is 20.3 Å². The van der Waals surface area contributed by atoms with Crippen molar-refractivity contribution >= 4 is 0 Å². The van der Waals surface area contributed by atoms with Crippen molar-refractivity contribution < 1.29 is 9.84 Å². The van der Waals surface area contributed by atoms with Crippen molar-refractivity contribution in [3.05, 3.63) is 17.7 Å². The normalized spacial score (nSPS) is 23.9. The molecule has 0 aliphatic heterocycles. The van der Waals surface area contributed by atoms with E-state index >= 15 is 0 Å². The van der Waals surface area contributed by atoms with Crippen LogP contribution in [0.5, 0.6) is 5.75 Å². The lowest BCUT2D eigenvalue weighted by Crippen LogP contribution is -2.05. The molecule has 1 fully saturated rings. The van der Waals surface area contributed by atoms with Gasteiger partial charge in [-0.2, -0.15) is 0 Å². The molecule has 0 spiro atoms. The van der Waals surface area contributed by atoms with Crippen molar-refractivity contribution in [3.63, 3.8) is 0 Å². The summed E-state index contributed by atoms with van der Waals surface area (Å²) in [6.07, 6.45) is 2.79. The van der Waals surface area contributed by atoms with Crippen molar-refractivity contribution in [1.82, 2.24) is 9.97 Å². The maximum Gasteiger partial charge on any atom is 0.158 e. The number of aryl methyl sites for hydroxylation is 2. The SMILES string of the molecule is Cc1ncc(OCC2CC2CO)c(C)n1. The third-order valence-electron chi connectivity index (χ3n) is 2.81. The molecular formula is C11H16N2O2. The Balaban J connectivity index is 1.88. The number of aliphatic hydroxyl groups is 1. The Bertz CT molecular complexity index is 354. The van der Waals surface area contributed by atoms with E-state index in [1.54, 1.807) is 6.20 Å². The number of aliphatic hydroxyl groups excluding tert-OH is 1. The van der Waals surface area contributed by atoms with Gasteiger partial charge in [-0.25, -0.2) is 9.97 Å². The second-order valence-corrected chi connectivity index (χ2v) is 4.12. The number of hydrogen-bond acceptors (Lipinski definition) is 4. The first kappa shape index (κ1) is 10.4. The van der Waals surface area contributed by atoms with Gasteiger partial charge in [-0.15, -0.1) is 0 Å². The maximum atomic E-state index is 8.88. The van der Waals surface area contributed by atoms with Gasteiger partial charge >= 0.3 is 0 Å². The smallest absolute Gasteiger partial charge is 0.158 e. The predicted octanol–water partition coefficient (Wildman–Crippen LogP) is 1.10. The molecule has 82 valence electrons. The summed E-state index contributed by atoms with van der Waals surface area (Å²) in [6, 6.07) is 0. The molecule has 0 amide bonds. The van der Waals surface area contributed by atoms with E-state index in [1.165, 1.54) is 0 Å². The van der Waals surface area contributed by atoms with E-state index < -0.39 is 0 Å². The van der Waals surface area contributed by atoms with Crippen LogP contribution in [0.3, 0.4) is 0 Å². The lowest BCUT2D eigenvalue weighted by Gasteiger charge is -2.07. The minimum atomic E-state index is 0.275. The Kier molecular flexibility index (Phi) is 2.86. The van der Waals surface area contributed by atoms with Crippen LogP contribution in [-0.2, 0) is 0 Å². The van der Waals surface area contributed by atoms with Crippen molar-refractivity contribution in [3.8, 4) is 5.75 Å². The van der Waals surface area contributed by atoms with Gasteiger partial charge in [-0.3, -0.25) is 0 Å². The third-order valence-corrected chi connectivity index (χ3v) is 2.81. The fourth-order valence-corrected chi connectivity index (χ4v) is 1.65. The molecule has 4 nitrogen and oxygen atoms in total. The zero-order chi connectivity index (χ0) is 10.8. The van der Waals surface area contributed by atoms with Crippen LogP contribution in [0.25, 0.3) is 0 Å². The number of nitrogens with zero attached hydrogens (tertiary/aromatic N) is 2. The van der Waals surface area contributed by atoms with Crippen LogP contribution in [0.4, 0.5) is 0 Å². The van der Waals surface area contributed by atoms with E-state index in [9.17, 15) is 0 Å². The van der Waals surface area contributed by atoms with Gasteiger partial charge in [-0.1, -0.05) is 0 Å². The number of rotatable bonds is 4. The third kappa shape index (κ3) is 2.45. The molecule has 0 bridgehead atoms. The minimum absolute atomic E-state index is 0.275. The minimum Gasteiger partial charge on any atom is -0.490 e. The topological polar surface area (TPSA) is 55.2 Å². The Morgan fingerprint density at radius 1 is 1.47 bits per heavy atom. The Morgan fingerprint density at radius 2 is 2.27 bits per heavy atom. The first-order chi connectivity index (χ1) is 7.20. The van der Waals surface area contributed by atoms with E-state index in [1.807, 2.05) is 13.8 Å². The van der Waals surface area contributed by atoms with Crippen LogP contribution >= 0.6 is 0 Å². The van der Waals surface area contributed by atoms with Gasteiger partial charge in [-0.05, 0) is 32.1 Å². The van der Waals surface area contributed by atoms with Crippen LogP contribution in [0, 0.1) is 25.7 Å². The van der Waals surface area contributed by atoms with Crippen LogP contribution in [0.15, 0.2) is 6.20 Å². The summed E-state index contributed by atoms with van der Waals surface area (Å²) in [5, 5.41) is 8.88. The van der Waals surface area contributed by atoms with Gasteiger partial charge in [0.25, 0.3) is 0 Å². The number of hydrogen-bond donors (Lipinski definition) is 1. The lowest BCUT2D eigenvalue weighted by molar-refractivity contribution is 0.241. The highest BCUT2D eigenvalue weighted by Gasteiger charge is 2.36. The van der Waals surface area contributed by atoms with Gasteiger partial charge in [0, 0.05) is 6.61 Å². The summed E-state index contributed by atoms with van der Waals surface area (Å²) in [4.78, 5) is 8.32. The van der Waals surface area contributed by atoms with Gasteiger partial charge in [0.05, 0.1) is 18.5 Å². The van der Waals surface area contributed by atoms with E-state index in [2.05, 4.69) is 9.97 Å². The average molecular weight is 208 g/mol. The number of aromatic nitrogens is 2. The van der Waals surface area contributed by atoms with Gasteiger partial charge in [0.2, 0.25) is 0 Å². The molecule has 4 heteroatoms. The molecular weight excluding hydrogens is 192 g/mol. The van der Waals surface area contributed by atoms with Gasteiger partial charge in [0.1, 0.15) is 5.82 Å². The largest absolute Gasteiger partial charge is 0.490 e. The zero-order valence-electron chi connectivity index (χ0n) is 9.10. The fourth-order valence-electron chi connectivity index (χ4n) is 1.65. The molecule has 1 aromatic heterocycles. The summed E-state index contributed by atoms with van der Waals surface area (Å²) in [5.41, 5.74) is 0.878. The standard InChI is InChI=1S/C11H16N2O2/c1-7-11(4-12-8(2)13-7)15-6-10-3-9(10)5-14/h4,9-10,14H,3,5-6H2,1-2H3. The molecule has 1 N–H and O–H groups in total. The average Bonchev–Trinajstić information content (AvgIpc) is 2.95. The van der Waals surface area contributed by atoms with Crippen LogP contribution < -0.4 is 4.74 Å². The second kappa shape index (κ2) is 4.14. The monoisotopic (exact) mass is 208 g/mol. The molecule has 2 atom stereocenters. The van der Waals surface area contributed by atoms with Crippen LogP contribution in [0.2, 0.25) is 0 Å². The molecule has 1 saturated carbocycles. The summed E-state index contributed by atoms with van der Waals surface area (Å²) in [6.45, 7) is 4.72. The van der Waals surface area contributed by atoms with E-state index in [0.29, 0.717) is 18.4 Å². The summed E-state index contributed by atoms with van der Waals surface area (Å²) in [7, 11) is 0. The summed E-state index contributed by atoms with van der Waals surface area (Å²) >= 11 is 0. The fraction of sp³-hybridized carbons (Fsp3) is 0.636. The highest BCUT2D eigenvalue weighted by molar-refractivity contribution is 5.23. The second-order valence-electron chi connectivity index (χ2n) is 4.12. The highest BCUT2D eigenvalue weighted by atomic mass is 16.5. The molecule has 0 saturated heterocycles. The predicted molar refractivity (Wildman–Crippen MR) is 55.7 cm³/mol. The molecule has 1 aliphatic rings. The zero-order valence-corrected chi connectivity index (χ0v) is 9.10. The molecule has 0 aromatic carbocycles. The molecule has 2 unspecified atom stereocenters. The Morgan fingerprint density at radius 3 is 2.87 bits per heavy atom. The molecule has 1 aliphatic carbocycles. The van der Waals surface area contributed by atoms with E-state index in [4.69, 9.17) is 9.84 Å².